The highest BCUT2D eigenvalue weighted by Crippen LogP contribution is 2.34. The van der Waals surface area contributed by atoms with Gasteiger partial charge in [0, 0.05) is 18.7 Å². The van der Waals surface area contributed by atoms with Gasteiger partial charge in [-0.25, -0.2) is 4.98 Å². The topological polar surface area (TPSA) is 76.5 Å². The van der Waals surface area contributed by atoms with Crippen molar-refractivity contribution in [3.8, 4) is 0 Å². The molecule has 7 nitrogen and oxygen atoms in total. The number of alkyl halides is 3. The third kappa shape index (κ3) is 4.56. The minimum Gasteiger partial charge on any atom is -0.378 e. The van der Waals surface area contributed by atoms with Gasteiger partial charge in [0.1, 0.15) is 12.1 Å². The molecule has 0 unspecified atom stereocenters. The fraction of sp³-hybridized carbons (Fsp3) is 0.348. The van der Waals surface area contributed by atoms with E-state index in [4.69, 9.17) is 4.74 Å². The Hall–Kier alpha value is -3.40. The van der Waals surface area contributed by atoms with Crippen molar-refractivity contribution in [3.63, 3.8) is 0 Å². The molecular formula is C23H23F3N4O3. The van der Waals surface area contributed by atoms with Gasteiger partial charge in [-0.2, -0.15) is 13.2 Å². The molecule has 33 heavy (non-hydrogen) atoms. The van der Waals surface area contributed by atoms with Crippen LogP contribution in [0.25, 0.3) is 11.0 Å². The van der Waals surface area contributed by atoms with E-state index in [1.54, 1.807) is 26.0 Å². The number of aromatic nitrogens is 2. The number of halogens is 3. The number of aryl methyl sites for hydroxylation is 2. The normalized spacial score (nSPS) is 14.5. The maximum absolute atomic E-state index is 13.8. The summed E-state index contributed by atoms with van der Waals surface area (Å²) in [5, 5.41) is 2.70. The summed E-state index contributed by atoms with van der Waals surface area (Å²) in [4.78, 5) is 30.9. The molecule has 2 aromatic carbocycles. The molecule has 0 atom stereocenters. The molecule has 0 radical (unpaired) electrons. The molecule has 4 rings (SSSR count). The number of amides is 2. The summed E-state index contributed by atoms with van der Waals surface area (Å²) in [5.74, 6) is -2.08. The standard InChI is InChI=1S/C23H23F3N4O3/c1-14-5-3-6-15(2)19(14)21(32)27-16-7-4-8-17-20(16)28-22(23(24,25)26)30(17)13-18(31)29-9-11-33-12-10-29/h3-8H,9-13H2,1-2H3,(H,27,32). The third-order valence-corrected chi connectivity index (χ3v) is 5.65. The second kappa shape index (κ2) is 8.86. The molecule has 0 saturated carbocycles. The number of nitrogens with zero attached hydrogens (tertiary/aromatic N) is 3. The van der Waals surface area contributed by atoms with Gasteiger partial charge < -0.3 is 19.5 Å². The summed E-state index contributed by atoms with van der Waals surface area (Å²) in [6, 6.07) is 9.88. The molecule has 1 aliphatic heterocycles. The van der Waals surface area contributed by atoms with Crippen LogP contribution in [0.4, 0.5) is 18.9 Å². The number of morpholine rings is 1. The van der Waals surface area contributed by atoms with E-state index in [1.165, 1.54) is 23.1 Å². The molecule has 0 aliphatic carbocycles. The van der Waals surface area contributed by atoms with E-state index in [9.17, 15) is 22.8 Å². The minimum atomic E-state index is -4.78. The Bertz CT molecular complexity index is 1190. The van der Waals surface area contributed by atoms with Gasteiger partial charge in [-0.05, 0) is 37.1 Å². The van der Waals surface area contributed by atoms with E-state index < -0.39 is 30.4 Å². The molecule has 1 fully saturated rings. The summed E-state index contributed by atoms with van der Waals surface area (Å²) < 4.78 is 47.6. The maximum atomic E-state index is 13.8. The quantitative estimate of drug-likeness (QED) is 0.643. The van der Waals surface area contributed by atoms with Gasteiger partial charge >= 0.3 is 6.18 Å². The van der Waals surface area contributed by atoms with Crippen molar-refractivity contribution >= 4 is 28.5 Å². The van der Waals surface area contributed by atoms with Crippen LogP contribution in [0.3, 0.4) is 0 Å². The van der Waals surface area contributed by atoms with Crippen molar-refractivity contribution in [2.45, 2.75) is 26.6 Å². The molecule has 2 amide bonds. The second-order valence-corrected chi connectivity index (χ2v) is 7.91. The fourth-order valence-electron chi connectivity index (χ4n) is 4.03. The van der Waals surface area contributed by atoms with Crippen LogP contribution in [-0.2, 0) is 22.3 Å². The van der Waals surface area contributed by atoms with E-state index in [-0.39, 0.29) is 16.7 Å². The Labute approximate surface area is 188 Å². The van der Waals surface area contributed by atoms with Gasteiger partial charge in [0.15, 0.2) is 0 Å². The lowest BCUT2D eigenvalue weighted by atomic mass is 10.0. The number of hydrogen-bond donors (Lipinski definition) is 1. The largest absolute Gasteiger partial charge is 0.449 e. The number of imidazole rings is 1. The molecule has 2 heterocycles. The van der Waals surface area contributed by atoms with Crippen LogP contribution in [0.15, 0.2) is 36.4 Å². The highest BCUT2D eigenvalue weighted by Gasteiger charge is 2.39. The van der Waals surface area contributed by atoms with Crippen LogP contribution in [-0.4, -0.2) is 52.6 Å². The average Bonchev–Trinajstić information content (AvgIpc) is 3.14. The zero-order chi connectivity index (χ0) is 23.8. The highest BCUT2D eigenvalue weighted by atomic mass is 19.4. The molecule has 3 aromatic rings. The monoisotopic (exact) mass is 460 g/mol. The molecule has 1 aromatic heterocycles. The van der Waals surface area contributed by atoms with Gasteiger partial charge in [-0.15, -0.1) is 0 Å². The van der Waals surface area contributed by atoms with Crippen molar-refractivity contribution in [3.05, 3.63) is 58.9 Å². The van der Waals surface area contributed by atoms with Gasteiger partial charge in [0.25, 0.3) is 5.91 Å². The predicted molar refractivity (Wildman–Crippen MR) is 116 cm³/mol. The van der Waals surface area contributed by atoms with Crippen LogP contribution < -0.4 is 5.32 Å². The van der Waals surface area contributed by atoms with Gasteiger partial charge in [0.2, 0.25) is 11.7 Å². The van der Waals surface area contributed by atoms with Crippen LogP contribution >= 0.6 is 0 Å². The lowest BCUT2D eigenvalue weighted by Gasteiger charge is -2.27. The van der Waals surface area contributed by atoms with Crippen LogP contribution in [0.2, 0.25) is 0 Å². The number of carbonyl (C=O) groups is 2. The summed E-state index contributed by atoms with van der Waals surface area (Å²) in [6.45, 7) is 4.40. The van der Waals surface area contributed by atoms with Gasteiger partial charge in [0.05, 0.1) is 24.4 Å². The van der Waals surface area contributed by atoms with Crippen molar-refractivity contribution < 1.29 is 27.5 Å². The van der Waals surface area contributed by atoms with Crippen LogP contribution in [0, 0.1) is 13.8 Å². The van der Waals surface area contributed by atoms with Crippen molar-refractivity contribution in [2.24, 2.45) is 0 Å². The first-order valence-corrected chi connectivity index (χ1v) is 10.5. The minimum absolute atomic E-state index is 0.0285. The van der Waals surface area contributed by atoms with Crippen molar-refractivity contribution in [2.75, 3.05) is 31.6 Å². The Morgan fingerprint density at radius 1 is 1.06 bits per heavy atom. The first-order chi connectivity index (χ1) is 15.7. The van der Waals surface area contributed by atoms with E-state index >= 15 is 0 Å². The van der Waals surface area contributed by atoms with Gasteiger partial charge in [-0.3, -0.25) is 9.59 Å². The third-order valence-electron chi connectivity index (χ3n) is 5.65. The number of fused-ring (bicyclic) bond motifs is 1. The molecule has 10 heteroatoms. The lowest BCUT2D eigenvalue weighted by Crippen LogP contribution is -2.42. The molecule has 174 valence electrons. The lowest BCUT2D eigenvalue weighted by molar-refractivity contribution is -0.148. The molecule has 1 aliphatic rings. The number of para-hydroxylation sites is 1. The number of rotatable bonds is 4. The maximum Gasteiger partial charge on any atom is 0.449 e. The Kier molecular flexibility index (Phi) is 6.11. The number of benzene rings is 2. The van der Waals surface area contributed by atoms with Gasteiger partial charge in [-0.1, -0.05) is 24.3 Å². The van der Waals surface area contributed by atoms with Crippen molar-refractivity contribution in [1.82, 2.24) is 14.5 Å². The first-order valence-electron chi connectivity index (χ1n) is 10.5. The van der Waals surface area contributed by atoms with E-state index in [0.29, 0.717) is 31.9 Å². The summed E-state index contributed by atoms with van der Waals surface area (Å²) in [5.41, 5.74) is 2.17. The smallest absolute Gasteiger partial charge is 0.378 e. The summed E-state index contributed by atoms with van der Waals surface area (Å²) in [7, 11) is 0. The van der Waals surface area contributed by atoms with Crippen LogP contribution in [0.1, 0.15) is 27.3 Å². The number of carbonyl (C=O) groups excluding carboxylic acids is 2. The summed E-state index contributed by atoms with van der Waals surface area (Å²) in [6.07, 6.45) is -4.78. The number of nitrogens with one attached hydrogen (secondary N) is 1. The van der Waals surface area contributed by atoms with E-state index in [0.717, 1.165) is 15.7 Å². The molecule has 1 saturated heterocycles. The molecular weight excluding hydrogens is 437 g/mol. The average molecular weight is 460 g/mol. The molecule has 0 spiro atoms. The fourth-order valence-corrected chi connectivity index (χ4v) is 4.03. The zero-order valence-corrected chi connectivity index (χ0v) is 18.2. The zero-order valence-electron chi connectivity index (χ0n) is 18.2. The van der Waals surface area contributed by atoms with Crippen LogP contribution in [0.5, 0.6) is 0 Å². The number of hydrogen-bond acceptors (Lipinski definition) is 4. The first kappa shape index (κ1) is 22.8. The molecule has 0 bridgehead atoms. The molecule has 1 N–H and O–H groups in total. The van der Waals surface area contributed by atoms with Crippen molar-refractivity contribution in [1.29, 1.82) is 0 Å². The number of ether oxygens (including phenoxy) is 1. The van der Waals surface area contributed by atoms with E-state index in [1.807, 2.05) is 6.07 Å². The Morgan fingerprint density at radius 2 is 1.70 bits per heavy atom. The second-order valence-electron chi connectivity index (χ2n) is 7.91. The highest BCUT2D eigenvalue weighted by molar-refractivity contribution is 6.09. The Morgan fingerprint density at radius 3 is 2.33 bits per heavy atom. The SMILES string of the molecule is Cc1cccc(C)c1C(=O)Nc1cccc2c1nc(C(F)(F)F)n2CC(=O)N1CCOCC1. The van der Waals surface area contributed by atoms with E-state index in [2.05, 4.69) is 10.3 Å². The summed E-state index contributed by atoms with van der Waals surface area (Å²) >= 11 is 0. The Balaban J connectivity index is 1.73. The predicted octanol–water partition coefficient (Wildman–Crippen LogP) is 3.78. The number of anilines is 1.